The van der Waals surface area contributed by atoms with E-state index < -0.39 is 8.32 Å². The van der Waals surface area contributed by atoms with Crippen LogP contribution < -0.4 is 10.6 Å². The summed E-state index contributed by atoms with van der Waals surface area (Å²) >= 11 is 0. The van der Waals surface area contributed by atoms with Crippen molar-refractivity contribution in [1.29, 1.82) is 0 Å². The summed E-state index contributed by atoms with van der Waals surface area (Å²) in [6.45, 7) is 26.8. The lowest BCUT2D eigenvalue weighted by Gasteiger charge is -2.36. The number of rotatable bonds is 6. The Bertz CT molecular complexity index is 300. The molecule has 0 amide bonds. The fraction of sp³-hybridized carbons (Fsp3) is 1.00. The van der Waals surface area contributed by atoms with E-state index in [0.29, 0.717) is 11.6 Å². The van der Waals surface area contributed by atoms with E-state index in [9.17, 15) is 0 Å². The summed E-state index contributed by atoms with van der Waals surface area (Å²) in [4.78, 5) is 0. The van der Waals surface area contributed by atoms with Crippen LogP contribution in [0.1, 0.15) is 62.3 Å². The zero-order valence-corrected chi connectivity index (χ0v) is 18.7. The lowest BCUT2D eigenvalue weighted by molar-refractivity contribution is 0.268. The minimum Gasteiger partial charge on any atom is -0.416 e. The zero-order chi connectivity index (χ0) is 18.9. The third-order valence-corrected chi connectivity index (χ3v) is 8.33. The summed E-state index contributed by atoms with van der Waals surface area (Å²) in [5, 5.41) is 15.2. The Labute approximate surface area is 146 Å². The van der Waals surface area contributed by atoms with E-state index in [4.69, 9.17) is 9.53 Å². The van der Waals surface area contributed by atoms with Crippen molar-refractivity contribution in [2.75, 3.05) is 26.3 Å². The molecule has 0 aliphatic rings. The van der Waals surface area contributed by atoms with Crippen molar-refractivity contribution < 1.29 is 9.53 Å². The molecule has 0 fully saturated rings. The predicted molar refractivity (Wildman–Crippen MR) is 106 cm³/mol. The third-order valence-electron chi connectivity index (χ3n) is 3.79. The van der Waals surface area contributed by atoms with Crippen molar-refractivity contribution in [2.45, 2.75) is 91.5 Å². The van der Waals surface area contributed by atoms with E-state index in [2.05, 4.69) is 86.0 Å². The molecular weight excluding hydrogens is 304 g/mol. The molecule has 3 N–H and O–H groups in total. The Morgan fingerprint density at radius 2 is 1.17 bits per heavy atom. The van der Waals surface area contributed by atoms with Gasteiger partial charge in [0.2, 0.25) is 0 Å². The number of β-amino-alcohol motifs (C(OH)–C–C–N with tert-alkyl or cyclic N) is 1. The summed E-state index contributed by atoms with van der Waals surface area (Å²) in [5.41, 5.74) is 0.333. The highest BCUT2D eigenvalue weighted by atomic mass is 28.4. The highest BCUT2D eigenvalue weighted by Crippen LogP contribution is 2.36. The van der Waals surface area contributed by atoms with Crippen molar-refractivity contribution in [1.82, 2.24) is 10.6 Å². The van der Waals surface area contributed by atoms with Crippen LogP contribution >= 0.6 is 0 Å². The Hall–Kier alpha value is 0.0569. The van der Waals surface area contributed by atoms with Crippen LogP contribution in [0.4, 0.5) is 0 Å². The van der Waals surface area contributed by atoms with Gasteiger partial charge in [-0.25, -0.2) is 0 Å². The topological polar surface area (TPSA) is 53.5 Å². The number of hydrogen-bond donors (Lipinski definition) is 3. The van der Waals surface area contributed by atoms with Crippen molar-refractivity contribution in [2.24, 2.45) is 0 Å². The first kappa shape index (κ1) is 25.3. The van der Waals surface area contributed by atoms with Gasteiger partial charge in [0.1, 0.15) is 0 Å². The van der Waals surface area contributed by atoms with Crippen molar-refractivity contribution >= 4 is 8.32 Å². The van der Waals surface area contributed by atoms with Crippen molar-refractivity contribution in [3.63, 3.8) is 0 Å². The van der Waals surface area contributed by atoms with Gasteiger partial charge in [-0.1, -0.05) is 20.8 Å². The molecule has 0 spiro atoms. The Kier molecular flexibility index (Phi) is 11.2. The summed E-state index contributed by atoms with van der Waals surface area (Å²) in [6.07, 6.45) is 0. The van der Waals surface area contributed by atoms with Gasteiger partial charge in [0.25, 0.3) is 0 Å². The quantitative estimate of drug-likeness (QED) is 0.505. The van der Waals surface area contributed by atoms with Crippen LogP contribution in [0.2, 0.25) is 18.1 Å². The van der Waals surface area contributed by atoms with Gasteiger partial charge < -0.3 is 20.2 Å². The molecule has 0 saturated heterocycles. The SMILES string of the molecule is CC(C)(C)NCCO.CC(C)(C)NCCO[Si](C)(C)C(C)(C)C. The molecule has 0 aromatic carbocycles. The molecule has 0 rings (SSSR count). The van der Waals surface area contributed by atoms with E-state index in [1.807, 2.05) is 0 Å². The number of hydrogen-bond acceptors (Lipinski definition) is 4. The van der Waals surface area contributed by atoms with Crippen molar-refractivity contribution in [3.8, 4) is 0 Å². The number of nitrogens with one attached hydrogen (secondary N) is 2. The van der Waals surface area contributed by atoms with Gasteiger partial charge >= 0.3 is 0 Å². The molecule has 0 bridgehead atoms. The van der Waals surface area contributed by atoms with Crippen LogP contribution in [0, 0.1) is 0 Å². The fourth-order valence-corrected chi connectivity index (χ4v) is 2.43. The van der Waals surface area contributed by atoms with Crippen LogP contribution in [-0.4, -0.2) is 50.8 Å². The Morgan fingerprint density at radius 3 is 1.43 bits per heavy atom. The van der Waals surface area contributed by atoms with E-state index in [0.717, 1.165) is 13.2 Å². The standard InChI is InChI=1S/C12H29NOSi.C6H15NO/c1-11(2,3)13-9-10-14-15(7,8)12(4,5)6;1-6(2,3)7-4-5-8/h13H,9-10H2,1-8H3;7-8H,4-5H2,1-3H3. The summed E-state index contributed by atoms with van der Waals surface area (Å²) < 4.78 is 6.07. The first-order valence-corrected chi connectivity index (χ1v) is 11.7. The molecule has 0 radical (unpaired) electrons. The predicted octanol–water partition coefficient (Wildman–Crippen LogP) is 3.76. The average Bonchev–Trinajstić information content (AvgIpc) is 2.29. The van der Waals surface area contributed by atoms with E-state index >= 15 is 0 Å². The molecule has 4 nitrogen and oxygen atoms in total. The lowest BCUT2D eigenvalue weighted by Crippen LogP contribution is -2.44. The monoisotopic (exact) mass is 348 g/mol. The van der Waals surface area contributed by atoms with Gasteiger partial charge in [-0.05, 0) is 59.7 Å². The van der Waals surface area contributed by atoms with Crippen LogP contribution in [0.15, 0.2) is 0 Å². The maximum Gasteiger partial charge on any atom is 0.192 e. The van der Waals surface area contributed by atoms with E-state index in [-0.39, 0.29) is 17.7 Å². The van der Waals surface area contributed by atoms with Crippen LogP contribution in [-0.2, 0) is 4.43 Å². The normalized spacial score (nSPS) is 13.6. The van der Waals surface area contributed by atoms with Gasteiger partial charge in [-0.3, -0.25) is 0 Å². The first-order chi connectivity index (χ1) is 10.0. The maximum atomic E-state index is 8.37. The number of aliphatic hydroxyl groups is 1. The zero-order valence-electron chi connectivity index (χ0n) is 17.7. The highest BCUT2D eigenvalue weighted by molar-refractivity contribution is 6.74. The Morgan fingerprint density at radius 1 is 0.783 bits per heavy atom. The smallest absolute Gasteiger partial charge is 0.192 e. The summed E-state index contributed by atoms with van der Waals surface area (Å²) in [6, 6.07) is 0. The molecule has 0 saturated carbocycles. The molecule has 0 heterocycles. The first-order valence-electron chi connectivity index (χ1n) is 8.77. The molecule has 0 aromatic heterocycles. The second kappa shape index (κ2) is 10.1. The molecule has 0 aliphatic heterocycles. The minimum atomic E-state index is -1.54. The Balaban J connectivity index is 0. The maximum absolute atomic E-state index is 8.37. The van der Waals surface area contributed by atoms with Gasteiger partial charge in [-0.2, -0.15) is 0 Å². The average molecular weight is 349 g/mol. The summed E-state index contributed by atoms with van der Waals surface area (Å²) in [7, 11) is -1.54. The molecule has 5 heteroatoms. The largest absolute Gasteiger partial charge is 0.416 e. The van der Waals surface area contributed by atoms with Crippen LogP contribution in [0.25, 0.3) is 0 Å². The molecule has 0 aliphatic carbocycles. The fourth-order valence-electron chi connectivity index (χ4n) is 1.38. The molecule has 0 atom stereocenters. The lowest BCUT2D eigenvalue weighted by atomic mass is 10.1. The second-order valence-corrected chi connectivity index (χ2v) is 14.5. The molecule has 142 valence electrons. The summed E-state index contributed by atoms with van der Waals surface area (Å²) in [5.74, 6) is 0. The van der Waals surface area contributed by atoms with Crippen LogP contribution in [0.3, 0.4) is 0 Å². The van der Waals surface area contributed by atoms with Gasteiger partial charge in [-0.15, -0.1) is 0 Å². The molecule has 23 heavy (non-hydrogen) atoms. The molecule has 0 unspecified atom stereocenters. The van der Waals surface area contributed by atoms with Gasteiger partial charge in [0.15, 0.2) is 8.32 Å². The van der Waals surface area contributed by atoms with Crippen LogP contribution in [0.5, 0.6) is 0 Å². The van der Waals surface area contributed by atoms with Crippen molar-refractivity contribution in [3.05, 3.63) is 0 Å². The van der Waals surface area contributed by atoms with Gasteiger partial charge in [0.05, 0.1) is 6.61 Å². The third kappa shape index (κ3) is 16.7. The molecular formula is C18H44N2O2Si. The number of aliphatic hydroxyl groups excluding tert-OH is 1. The minimum absolute atomic E-state index is 0.142. The van der Waals surface area contributed by atoms with E-state index in [1.54, 1.807) is 0 Å². The second-order valence-electron chi connectivity index (χ2n) is 9.69. The highest BCUT2D eigenvalue weighted by Gasteiger charge is 2.36. The van der Waals surface area contributed by atoms with Gasteiger partial charge in [0, 0.05) is 30.8 Å². The molecule has 0 aromatic rings. The van der Waals surface area contributed by atoms with E-state index in [1.165, 1.54) is 0 Å².